The maximum Gasteiger partial charge on any atom is 0.125 e. The predicted octanol–water partition coefficient (Wildman–Crippen LogP) is 4.33. The van der Waals surface area contributed by atoms with Gasteiger partial charge >= 0.3 is 0 Å². The molecule has 1 aliphatic rings. The lowest BCUT2D eigenvalue weighted by Gasteiger charge is -2.28. The van der Waals surface area contributed by atoms with E-state index in [2.05, 4.69) is 23.2 Å². The van der Waals surface area contributed by atoms with Gasteiger partial charge in [0.15, 0.2) is 0 Å². The highest BCUT2D eigenvalue weighted by atomic mass is 32.1. The third kappa shape index (κ3) is 2.00. The zero-order chi connectivity index (χ0) is 13.6. The Balaban J connectivity index is 2.15. The van der Waals surface area contributed by atoms with E-state index in [1.54, 1.807) is 0 Å². The van der Waals surface area contributed by atoms with Gasteiger partial charge in [0.1, 0.15) is 10.4 Å². The standard InChI is InChI=1S/C15H18N2OS/c1-8-6-13(18)12(7-11(8)10-4-3-5-10)14-9(2)15(19)17-16-14/h6-7,10,18H,3-5H2,1-2H3,(H2,16,17,19). The Morgan fingerprint density at radius 1 is 1.21 bits per heavy atom. The van der Waals surface area contributed by atoms with E-state index >= 15 is 0 Å². The maximum atomic E-state index is 10.2. The van der Waals surface area contributed by atoms with E-state index in [0.29, 0.717) is 16.3 Å². The number of rotatable bonds is 2. The summed E-state index contributed by atoms with van der Waals surface area (Å²) >= 11 is 5.19. The van der Waals surface area contributed by atoms with Gasteiger partial charge in [0.25, 0.3) is 0 Å². The molecule has 0 bridgehead atoms. The molecule has 1 heterocycles. The number of aromatic amines is 2. The number of phenolic OH excluding ortho intramolecular Hbond substituents is 1. The number of aromatic hydroxyl groups is 1. The molecule has 2 aromatic rings. The van der Waals surface area contributed by atoms with E-state index in [-0.39, 0.29) is 0 Å². The van der Waals surface area contributed by atoms with Gasteiger partial charge in [-0.25, -0.2) is 0 Å². The third-order valence-corrected chi connectivity index (χ3v) is 4.62. The molecule has 3 rings (SSSR count). The minimum absolute atomic E-state index is 0.314. The first-order chi connectivity index (χ1) is 9.08. The van der Waals surface area contributed by atoms with Crippen LogP contribution in [0.5, 0.6) is 5.75 Å². The van der Waals surface area contributed by atoms with Gasteiger partial charge < -0.3 is 5.11 Å². The molecule has 3 N–H and O–H groups in total. The van der Waals surface area contributed by atoms with E-state index < -0.39 is 0 Å². The van der Waals surface area contributed by atoms with E-state index in [1.165, 1.54) is 30.4 Å². The molecule has 0 saturated heterocycles. The predicted molar refractivity (Wildman–Crippen MR) is 79.1 cm³/mol. The Kier molecular flexibility index (Phi) is 2.97. The molecular formula is C15H18N2OS. The molecule has 0 radical (unpaired) electrons. The van der Waals surface area contributed by atoms with Crippen LogP contribution in [0.15, 0.2) is 12.1 Å². The van der Waals surface area contributed by atoms with Gasteiger partial charge in [0.2, 0.25) is 0 Å². The summed E-state index contributed by atoms with van der Waals surface area (Å²) < 4.78 is 0.695. The minimum atomic E-state index is 0.314. The van der Waals surface area contributed by atoms with Crippen molar-refractivity contribution >= 4 is 12.2 Å². The first-order valence-electron chi connectivity index (χ1n) is 6.69. The van der Waals surface area contributed by atoms with Crippen LogP contribution in [0.2, 0.25) is 0 Å². The molecule has 1 aliphatic carbocycles. The molecule has 1 aromatic heterocycles. The van der Waals surface area contributed by atoms with Crippen LogP contribution in [-0.2, 0) is 0 Å². The van der Waals surface area contributed by atoms with E-state index in [4.69, 9.17) is 12.2 Å². The monoisotopic (exact) mass is 274 g/mol. The van der Waals surface area contributed by atoms with E-state index in [1.807, 2.05) is 13.0 Å². The van der Waals surface area contributed by atoms with Crippen molar-refractivity contribution < 1.29 is 5.11 Å². The maximum absolute atomic E-state index is 10.2. The Hall–Kier alpha value is -1.55. The highest BCUT2D eigenvalue weighted by Crippen LogP contribution is 2.42. The van der Waals surface area contributed by atoms with Crippen LogP contribution in [-0.4, -0.2) is 15.3 Å². The quantitative estimate of drug-likeness (QED) is 0.714. The molecule has 0 aliphatic heterocycles. The number of nitrogens with one attached hydrogen (secondary N) is 2. The van der Waals surface area contributed by atoms with Crippen molar-refractivity contribution in [2.75, 3.05) is 0 Å². The smallest absolute Gasteiger partial charge is 0.125 e. The normalized spacial score (nSPS) is 15.5. The molecule has 3 nitrogen and oxygen atoms in total. The fraction of sp³-hybridized carbons (Fsp3) is 0.400. The molecule has 0 unspecified atom stereocenters. The number of benzene rings is 1. The molecule has 1 aromatic carbocycles. The summed E-state index contributed by atoms with van der Waals surface area (Å²) in [5, 5.41) is 16.2. The summed E-state index contributed by atoms with van der Waals surface area (Å²) in [6, 6.07) is 3.99. The molecule has 19 heavy (non-hydrogen) atoms. The molecule has 0 atom stereocenters. The van der Waals surface area contributed by atoms with Crippen LogP contribution < -0.4 is 0 Å². The van der Waals surface area contributed by atoms with Crippen molar-refractivity contribution in [2.24, 2.45) is 0 Å². The van der Waals surface area contributed by atoms with Gasteiger partial charge in [-0.3, -0.25) is 10.2 Å². The molecule has 1 fully saturated rings. The Morgan fingerprint density at radius 3 is 2.47 bits per heavy atom. The van der Waals surface area contributed by atoms with Gasteiger partial charge in [-0.1, -0.05) is 18.6 Å². The summed E-state index contributed by atoms with van der Waals surface area (Å²) in [6.45, 7) is 4.04. The Bertz CT molecular complexity index is 680. The zero-order valence-corrected chi connectivity index (χ0v) is 12.0. The van der Waals surface area contributed by atoms with Crippen molar-refractivity contribution in [3.8, 4) is 17.0 Å². The lowest BCUT2D eigenvalue weighted by Crippen LogP contribution is -2.10. The zero-order valence-electron chi connectivity index (χ0n) is 11.2. The van der Waals surface area contributed by atoms with Crippen LogP contribution in [0.3, 0.4) is 0 Å². The Morgan fingerprint density at radius 2 is 1.95 bits per heavy atom. The van der Waals surface area contributed by atoms with Crippen LogP contribution in [0.25, 0.3) is 11.3 Å². The van der Waals surface area contributed by atoms with Crippen molar-refractivity contribution in [3.05, 3.63) is 33.5 Å². The Labute approximate surface area is 117 Å². The number of phenols is 1. The average molecular weight is 274 g/mol. The third-order valence-electron chi connectivity index (χ3n) is 4.22. The largest absolute Gasteiger partial charge is 0.507 e. The van der Waals surface area contributed by atoms with Gasteiger partial charge in [0, 0.05) is 11.1 Å². The van der Waals surface area contributed by atoms with Gasteiger partial charge in [-0.2, -0.15) is 0 Å². The number of hydrogen-bond donors (Lipinski definition) is 3. The SMILES string of the molecule is Cc1cc(O)c(-c2[nH][nH]c(=S)c2C)cc1C1CCC1. The lowest BCUT2D eigenvalue weighted by atomic mass is 9.77. The average Bonchev–Trinajstić information content (AvgIpc) is 2.61. The molecule has 1 saturated carbocycles. The summed E-state index contributed by atoms with van der Waals surface area (Å²) in [7, 11) is 0. The minimum Gasteiger partial charge on any atom is -0.507 e. The number of aryl methyl sites for hydroxylation is 1. The lowest BCUT2D eigenvalue weighted by molar-refractivity contribution is 0.417. The van der Waals surface area contributed by atoms with Crippen LogP contribution in [0, 0.1) is 18.5 Å². The summed E-state index contributed by atoms with van der Waals surface area (Å²) in [5.74, 6) is 0.968. The summed E-state index contributed by atoms with van der Waals surface area (Å²) in [5.41, 5.74) is 5.26. The second-order valence-electron chi connectivity index (χ2n) is 5.43. The first kappa shape index (κ1) is 12.5. The van der Waals surface area contributed by atoms with Crippen molar-refractivity contribution in [1.82, 2.24) is 10.2 Å². The van der Waals surface area contributed by atoms with Crippen LogP contribution in [0.4, 0.5) is 0 Å². The molecule has 0 amide bonds. The van der Waals surface area contributed by atoms with Gasteiger partial charge in [-0.05, 0) is 55.9 Å². The highest BCUT2D eigenvalue weighted by molar-refractivity contribution is 7.71. The van der Waals surface area contributed by atoms with Gasteiger partial charge in [0.05, 0.1) is 5.69 Å². The molecule has 100 valence electrons. The first-order valence-corrected chi connectivity index (χ1v) is 7.10. The van der Waals surface area contributed by atoms with Crippen molar-refractivity contribution in [1.29, 1.82) is 0 Å². The van der Waals surface area contributed by atoms with Crippen molar-refractivity contribution in [3.63, 3.8) is 0 Å². The van der Waals surface area contributed by atoms with E-state index in [9.17, 15) is 5.11 Å². The number of H-pyrrole nitrogens is 2. The molecule has 0 spiro atoms. The number of aromatic nitrogens is 2. The fourth-order valence-corrected chi connectivity index (χ4v) is 2.91. The van der Waals surface area contributed by atoms with E-state index in [0.717, 1.165) is 16.8 Å². The molecular weight excluding hydrogens is 256 g/mol. The topological polar surface area (TPSA) is 51.8 Å². The molecule has 4 heteroatoms. The fourth-order valence-electron chi connectivity index (χ4n) is 2.76. The number of hydrogen-bond acceptors (Lipinski definition) is 2. The summed E-state index contributed by atoms with van der Waals surface area (Å²) in [4.78, 5) is 0. The van der Waals surface area contributed by atoms with Gasteiger partial charge in [-0.15, -0.1) is 0 Å². The second-order valence-corrected chi connectivity index (χ2v) is 5.84. The van der Waals surface area contributed by atoms with Crippen LogP contribution >= 0.6 is 12.2 Å². The summed E-state index contributed by atoms with van der Waals surface area (Å²) in [6.07, 6.45) is 3.83. The van der Waals surface area contributed by atoms with Crippen LogP contribution in [0.1, 0.15) is 41.9 Å². The van der Waals surface area contributed by atoms with Crippen molar-refractivity contribution in [2.45, 2.75) is 39.0 Å². The second kappa shape index (κ2) is 4.53. The highest BCUT2D eigenvalue weighted by Gasteiger charge is 2.23.